The van der Waals surface area contributed by atoms with Crippen LogP contribution in [0.15, 0.2) is 218 Å². The van der Waals surface area contributed by atoms with Crippen LogP contribution in [0.3, 0.4) is 0 Å². The van der Waals surface area contributed by atoms with Crippen molar-refractivity contribution in [3.63, 3.8) is 0 Å². The Morgan fingerprint density at radius 2 is 0.691 bits per heavy atom. The third-order valence-electron chi connectivity index (χ3n) is 16.0. The lowest BCUT2D eigenvalue weighted by molar-refractivity contribution is 1.24. The molecule has 4 aliphatic heterocycles. The summed E-state index contributed by atoms with van der Waals surface area (Å²) in [6, 6.07) is 82.6. The molecule has 0 N–H and O–H groups in total. The Balaban J connectivity index is 1.10. The molecule has 4 aliphatic rings. The fourth-order valence-corrected chi connectivity index (χ4v) is 13.5. The van der Waals surface area contributed by atoms with Crippen molar-refractivity contribution in [3.8, 4) is 22.3 Å². The molecule has 6 heteroatoms. The summed E-state index contributed by atoms with van der Waals surface area (Å²) in [6.45, 7) is -0.218. The molecule has 11 aromatic carbocycles. The molecule has 0 saturated carbocycles. The van der Waals surface area contributed by atoms with Gasteiger partial charge in [0.2, 0.25) is 0 Å². The van der Waals surface area contributed by atoms with Crippen LogP contribution in [-0.2, 0) is 0 Å². The van der Waals surface area contributed by atoms with E-state index in [2.05, 4.69) is 237 Å². The zero-order valence-corrected chi connectivity index (χ0v) is 36.7. The highest BCUT2D eigenvalue weighted by Gasteiger charge is 2.48. The largest absolute Gasteiger partial charge is 0.375 e. The summed E-state index contributed by atoms with van der Waals surface area (Å²) in [6.07, 6.45) is 0. The van der Waals surface area contributed by atoms with E-state index in [0.717, 1.165) is 11.4 Å². The van der Waals surface area contributed by atoms with Crippen LogP contribution in [0.1, 0.15) is 0 Å². The SMILES string of the molecule is c1ccc(N2c3cc4c(cc3B3c5c(cc6ccccc6c52)-c2cccc5c6ccccc6n3c25)B2c3c(cc5ccccc5c3N4c3ccccc3)-c3cccc4c5ccccc5n2c34)cc1. The Morgan fingerprint density at radius 1 is 0.294 bits per heavy atom. The number of benzene rings is 11. The highest BCUT2D eigenvalue weighted by molar-refractivity contribution is 6.93. The first-order chi connectivity index (χ1) is 33.8. The molecule has 0 unspecified atom stereocenters. The lowest BCUT2D eigenvalue weighted by Gasteiger charge is -2.45. The van der Waals surface area contributed by atoms with Gasteiger partial charge in [0.25, 0.3) is 0 Å². The van der Waals surface area contributed by atoms with Gasteiger partial charge in [-0.3, -0.25) is 0 Å². The minimum Gasteiger partial charge on any atom is -0.375 e. The maximum absolute atomic E-state index is 2.71. The lowest BCUT2D eigenvalue weighted by atomic mass is 9.41. The van der Waals surface area contributed by atoms with Gasteiger partial charge in [-0.2, -0.15) is 0 Å². The third kappa shape index (κ3) is 4.22. The molecule has 4 nitrogen and oxygen atoms in total. The van der Waals surface area contributed by atoms with Gasteiger partial charge in [0.15, 0.2) is 0 Å². The molecule has 0 spiro atoms. The van der Waals surface area contributed by atoms with Gasteiger partial charge in [0, 0.05) is 88.3 Å². The van der Waals surface area contributed by atoms with Crippen molar-refractivity contribution in [2.45, 2.75) is 0 Å². The first-order valence-corrected chi connectivity index (χ1v) is 23.8. The van der Waals surface area contributed by atoms with Crippen molar-refractivity contribution in [1.29, 1.82) is 0 Å². The predicted octanol–water partition coefficient (Wildman–Crippen LogP) is 13.0. The number of fused-ring (bicyclic) bond motifs is 18. The summed E-state index contributed by atoms with van der Waals surface area (Å²) >= 11 is 0. The van der Waals surface area contributed by atoms with Gasteiger partial charge in [-0.15, -0.1) is 0 Å². The number of rotatable bonds is 2. The summed E-state index contributed by atoms with van der Waals surface area (Å²) in [4.78, 5) is 5.22. The van der Waals surface area contributed by atoms with E-state index in [1.807, 2.05) is 0 Å². The third-order valence-corrected chi connectivity index (χ3v) is 16.0. The average molecular weight is 859 g/mol. The summed E-state index contributed by atoms with van der Waals surface area (Å²) in [5.41, 5.74) is 22.8. The fraction of sp³-hybridized carbons (Fsp3) is 0. The number of para-hydroxylation sites is 6. The van der Waals surface area contributed by atoms with Gasteiger partial charge in [-0.05, 0) is 98.3 Å². The molecule has 0 saturated heterocycles. The smallest absolute Gasteiger partial charge is 0.333 e. The number of hydrogen-bond acceptors (Lipinski definition) is 2. The van der Waals surface area contributed by atoms with E-state index in [1.54, 1.807) is 0 Å². The van der Waals surface area contributed by atoms with E-state index in [1.165, 1.54) is 132 Å². The molecule has 0 amide bonds. The average Bonchev–Trinajstić information content (AvgIpc) is 3.92. The van der Waals surface area contributed by atoms with Crippen molar-refractivity contribution in [1.82, 2.24) is 8.96 Å². The van der Waals surface area contributed by atoms with Crippen molar-refractivity contribution in [2.75, 3.05) is 9.80 Å². The molecular weight excluding hydrogens is 822 g/mol. The summed E-state index contributed by atoms with van der Waals surface area (Å²) in [5.74, 6) is 0. The number of nitrogens with zero attached hydrogens (tertiary/aromatic N) is 4. The molecule has 13 aromatic rings. The van der Waals surface area contributed by atoms with Crippen LogP contribution in [0.5, 0.6) is 0 Å². The standard InChI is InChI=1S/C62H36B2N4/c1-3-19-39(20-4-1)65-55-36-56-52(35-51(55)63-57-49(33-37-17-7-9-23-41(37)61(57)65)47-29-15-27-45-43-25-11-13-31-53(43)67(63)59(45)47)64-58-50(48-30-16-28-46-44-26-12-14-32-54(44)68(64)60(46)48)34-38-18-8-10-24-42(38)62(58)66(56)40-21-5-2-6-22-40/h1-36H. The monoisotopic (exact) mass is 858 g/mol. The Kier molecular flexibility index (Phi) is 6.57. The normalized spacial score (nSPS) is 13.8. The molecule has 0 bridgehead atoms. The van der Waals surface area contributed by atoms with Gasteiger partial charge < -0.3 is 18.8 Å². The summed E-state index contributed by atoms with van der Waals surface area (Å²) in [5, 5.41) is 10.2. The van der Waals surface area contributed by atoms with Crippen LogP contribution in [0.2, 0.25) is 0 Å². The molecule has 6 heterocycles. The number of aromatic nitrogens is 2. The van der Waals surface area contributed by atoms with Crippen LogP contribution in [-0.4, -0.2) is 22.7 Å². The van der Waals surface area contributed by atoms with Gasteiger partial charge in [0.05, 0.1) is 11.4 Å². The van der Waals surface area contributed by atoms with Gasteiger partial charge in [0.1, 0.15) is 0 Å². The second kappa shape index (κ2) is 12.6. The molecule has 0 fully saturated rings. The molecule has 310 valence electrons. The van der Waals surface area contributed by atoms with E-state index < -0.39 is 0 Å². The topological polar surface area (TPSA) is 16.3 Å². The molecular formula is C62H36B2N4. The first-order valence-electron chi connectivity index (χ1n) is 23.8. The Morgan fingerprint density at radius 3 is 1.16 bits per heavy atom. The van der Waals surface area contributed by atoms with Crippen molar-refractivity contribution in [2.24, 2.45) is 0 Å². The fourth-order valence-electron chi connectivity index (χ4n) is 13.5. The predicted molar refractivity (Wildman–Crippen MR) is 289 cm³/mol. The zero-order chi connectivity index (χ0) is 43.9. The Bertz CT molecular complexity index is 4140. The molecule has 0 radical (unpaired) electrons. The minimum atomic E-state index is -0.109. The summed E-state index contributed by atoms with van der Waals surface area (Å²) in [7, 11) is 0. The lowest BCUT2D eigenvalue weighted by Crippen LogP contribution is -2.61. The second-order valence-electron chi connectivity index (χ2n) is 19.1. The molecule has 0 atom stereocenters. The van der Waals surface area contributed by atoms with E-state index in [4.69, 9.17) is 0 Å². The number of hydrogen-bond donors (Lipinski definition) is 0. The highest BCUT2D eigenvalue weighted by Crippen LogP contribution is 2.52. The Hall–Kier alpha value is -8.73. The van der Waals surface area contributed by atoms with Gasteiger partial charge in [-0.1, -0.05) is 164 Å². The minimum absolute atomic E-state index is 0.109. The van der Waals surface area contributed by atoms with E-state index in [-0.39, 0.29) is 13.7 Å². The van der Waals surface area contributed by atoms with Crippen LogP contribution in [0.4, 0.5) is 34.1 Å². The van der Waals surface area contributed by atoms with Crippen LogP contribution >= 0.6 is 0 Å². The quantitative estimate of drug-likeness (QED) is 0.161. The van der Waals surface area contributed by atoms with Crippen molar-refractivity contribution in [3.05, 3.63) is 218 Å². The van der Waals surface area contributed by atoms with Crippen LogP contribution < -0.4 is 31.7 Å². The van der Waals surface area contributed by atoms with Crippen LogP contribution in [0.25, 0.3) is 87.4 Å². The zero-order valence-electron chi connectivity index (χ0n) is 36.7. The highest BCUT2D eigenvalue weighted by atomic mass is 15.2. The maximum Gasteiger partial charge on any atom is 0.333 e. The molecule has 2 aromatic heterocycles. The van der Waals surface area contributed by atoms with Crippen molar-refractivity contribution >= 4 is 135 Å². The first kappa shape index (κ1) is 35.5. The molecule has 17 rings (SSSR count). The van der Waals surface area contributed by atoms with Crippen molar-refractivity contribution < 1.29 is 0 Å². The molecule has 0 aliphatic carbocycles. The van der Waals surface area contributed by atoms with E-state index in [9.17, 15) is 0 Å². The van der Waals surface area contributed by atoms with E-state index in [0.29, 0.717) is 0 Å². The Labute approximate surface area is 392 Å². The van der Waals surface area contributed by atoms with Gasteiger partial charge >= 0.3 is 13.7 Å². The second-order valence-corrected chi connectivity index (χ2v) is 19.1. The maximum atomic E-state index is 2.71. The molecule has 68 heavy (non-hydrogen) atoms. The number of anilines is 6. The van der Waals surface area contributed by atoms with Crippen LogP contribution in [0, 0.1) is 0 Å². The summed E-state index contributed by atoms with van der Waals surface area (Å²) < 4.78 is 5.41. The van der Waals surface area contributed by atoms with Gasteiger partial charge in [-0.25, -0.2) is 0 Å². The van der Waals surface area contributed by atoms with E-state index >= 15 is 0 Å².